The second kappa shape index (κ2) is 4.57. The van der Waals surface area contributed by atoms with Gasteiger partial charge in [0.05, 0.1) is 11.9 Å². The molecule has 2 heterocycles. The Labute approximate surface area is 111 Å². The summed E-state index contributed by atoms with van der Waals surface area (Å²) in [6.45, 7) is 4.32. The summed E-state index contributed by atoms with van der Waals surface area (Å²) in [5, 5.41) is 3.84. The van der Waals surface area contributed by atoms with Gasteiger partial charge in [0, 0.05) is 19.8 Å². The number of sulfonamides is 1. The Balaban J connectivity index is 2.38. The lowest BCUT2D eigenvalue weighted by Gasteiger charge is -2.06. The maximum atomic E-state index is 12.2. The van der Waals surface area contributed by atoms with E-state index in [1.165, 1.54) is 17.1 Å². The fourth-order valence-electron chi connectivity index (χ4n) is 1.69. The summed E-state index contributed by atoms with van der Waals surface area (Å²) in [5.74, 6) is 0.865. The minimum Gasteiger partial charge on any atom is -0.394 e. The van der Waals surface area contributed by atoms with Crippen molar-refractivity contribution in [3.05, 3.63) is 18.2 Å². The third-order valence-electron chi connectivity index (χ3n) is 2.77. The number of rotatable bonds is 4. The fraction of sp³-hybridized carbons (Fsp3) is 0.400. The van der Waals surface area contributed by atoms with Gasteiger partial charge >= 0.3 is 0 Å². The number of aromatic nitrogens is 4. The number of nitrogens with zero attached hydrogens (tertiary/aromatic N) is 4. The molecule has 0 fully saturated rings. The molecule has 0 aliphatic carbocycles. The van der Waals surface area contributed by atoms with Crippen LogP contribution in [0.25, 0.3) is 0 Å². The number of hydrogen-bond donors (Lipinski definition) is 2. The van der Waals surface area contributed by atoms with Crippen LogP contribution in [0, 0.1) is 6.92 Å². The zero-order chi connectivity index (χ0) is 14.2. The van der Waals surface area contributed by atoms with Crippen LogP contribution in [0.4, 0.5) is 11.5 Å². The summed E-state index contributed by atoms with van der Waals surface area (Å²) in [6.07, 6.45) is 2.87. The average molecular weight is 284 g/mol. The Kier molecular flexibility index (Phi) is 3.23. The maximum Gasteiger partial charge on any atom is 0.282 e. The molecule has 0 amide bonds. The lowest BCUT2D eigenvalue weighted by atomic mass is 10.5. The summed E-state index contributed by atoms with van der Waals surface area (Å²) in [5.41, 5.74) is 5.91. The van der Waals surface area contributed by atoms with Crippen molar-refractivity contribution in [1.82, 2.24) is 19.3 Å². The molecule has 0 aliphatic rings. The van der Waals surface area contributed by atoms with Crippen molar-refractivity contribution in [2.75, 3.05) is 10.5 Å². The highest BCUT2D eigenvalue weighted by Gasteiger charge is 2.21. The first-order chi connectivity index (χ1) is 8.85. The number of anilines is 2. The van der Waals surface area contributed by atoms with E-state index in [0.29, 0.717) is 12.4 Å². The first-order valence-electron chi connectivity index (χ1n) is 5.69. The van der Waals surface area contributed by atoms with E-state index in [-0.39, 0.29) is 16.5 Å². The molecular formula is C10H16N6O2S. The van der Waals surface area contributed by atoms with E-state index < -0.39 is 10.0 Å². The van der Waals surface area contributed by atoms with Crippen LogP contribution in [0.5, 0.6) is 0 Å². The highest BCUT2D eigenvalue weighted by atomic mass is 32.2. The average Bonchev–Trinajstić information content (AvgIpc) is 2.87. The van der Waals surface area contributed by atoms with Crippen molar-refractivity contribution in [3.8, 4) is 0 Å². The largest absolute Gasteiger partial charge is 0.394 e. The quantitative estimate of drug-likeness (QED) is 0.841. The summed E-state index contributed by atoms with van der Waals surface area (Å²) in [7, 11) is -2.16. The van der Waals surface area contributed by atoms with Gasteiger partial charge < -0.3 is 10.3 Å². The minimum atomic E-state index is -3.76. The van der Waals surface area contributed by atoms with E-state index in [1.54, 1.807) is 18.5 Å². The van der Waals surface area contributed by atoms with Gasteiger partial charge in [-0.25, -0.2) is 4.98 Å². The summed E-state index contributed by atoms with van der Waals surface area (Å²) in [4.78, 5) is 4.04. The van der Waals surface area contributed by atoms with Gasteiger partial charge in [-0.1, -0.05) is 0 Å². The van der Waals surface area contributed by atoms with Crippen molar-refractivity contribution < 1.29 is 8.42 Å². The molecule has 0 saturated heterocycles. The van der Waals surface area contributed by atoms with E-state index in [9.17, 15) is 8.42 Å². The smallest absolute Gasteiger partial charge is 0.282 e. The molecule has 0 spiro atoms. The van der Waals surface area contributed by atoms with Gasteiger partial charge in [0.25, 0.3) is 10.0 Å². The molecular weight excluding hydrogens is 268 g/mol. The Hall–Kier alpha value is -2.03. The normalized spacial score (nSPS) is 11.7. The van der Waals surface area contributed by atoms with E-state index in [1.807, 2.05) is 6.92 Å². The Morgan fingerprint density at radius 3 is 2.63 bits per heavy atom. The van der Waals surface area contributed by atoms with Crippen molar-refractivity contribution in [1.29, 1.82) is 0 Å². The molecule has 3 N–H and O–H groups in total. The zero-order valence-corrected chi connectivity index (χ0v) is 11.8. The molecule has 8 nitrogen and oxygen atoms in total. The summed E-state index contributed by atoms with van der Waals surface area (Å²) in [6, 6.07) is 0. The highest BCUT2D eigenvalue weighted by molar-refractivity contribution is 7.92. The van der Waals surface area contributed by atoms with Crippen LogP contribution < -0.4 is 10.5 Å². The standard InChI is InChI=1S/C10H16N6O2S/c1-4-16-6-9(13-7(16)2)19(17,18)14-10-8(11)5-12-15(10)3/h5-6,14H,4,11H2,1-3H3. The number of hydrogen-bond acceptors (Lipinski definition) is 5. The molecule has 19 heavy (non-hydrogen) atoms. The molecule has 0 unspecified atom stereocenters. The van der Waals surface area contributed by atoms with Gasteiger partial charge in [0.1, 0.15) is 5.82 Å². The highest BCUT2D eigenvalue weighted by Crippen LogP contribution is 2.20. The van der Waals surface area contributed by atoms with Crippen LogP contribution in [-0.4, -0.2) is 27.7 Å². The lowest BCUT2D eigenvalue weighted by Crippen LogP contribution is -2.16. The molecule has 2 rings (SSSR count). The molecule has 9 heteroatoms. The molecule has 0 radical (unpaired) electrons. The number of imidazole rings is 1. The Morgan fingerprint density at radius 2 is 2.16 bits per heavy atom. The molecule has 2 aromatic heterocycles. The first-order valence-corrected chi connectivity index (χ1v) is 7.17. The van der Waals surface area contributed by atoms with Crippen molar-refractivity contribution >= 4 is 21.5 Å². The maximum absolute atomic E-state index is 12.2. The van der Waals surface area contributed by atoms with E-state index in [2.05, 4.69) is 14.8 Å². The predicted molar refractivity (Wildman–Crippen MR) is 71.1 cm³/mol. The van der Waals surface area contributed by atoms with Crippen molar-refractivity contribution in [3.63, 3.8) is 0 Å². The molecule has 0 aromatic carbocycles. The number of nitrogens with one attached hydrogen (secondary N) is 1. The minimum absolute atomic E-state index is 0.0348. The molecule has 2 aromatic rings. The van der Waals surface area contributed by atoms with Crippen LogP contribution >= 0.6 is 0 Å². The van der Waals surface area contributed by atoms with Crippen molar-refractivity contribution in [2.45, 2.75) is 25.4 Å². The van der Waals surface area contributed by atoms with Crippen LogP contribution in [0.3, 0.4) is 0 Å². The second-order valence-corrected chi connectivity index (χ2v) is 5.72. The van der Waals surface area contributed by atoms with Gasteiger partial charge in [0.15, 0.2) is 10.8 Å². The van der Waals surface area contributed by atoms with Gasteiger partial charge in [-0.3, -0.25) is 9.40 Å². The van der Waals surface area contributed by atoms with Gasteiger partial charge in [-0.15, -0.1) is 0 Å². The summed E-state index contributed by atoms with van der Waals surface area (Å²) < 4.78 is 29.9. The Bertz CT molecular complexity index is 680. The van der Waals surface area contributed by atoms with Crippen molar-refractivity contribution in [2.24, 2.45) is 7.05 Å². The zero-order valence-electron chi connectivity index (χ0n) is 11.0. The number of nitrogens with two attached hydrogens (primary N) is 1. The third kappa shape index (κ3) is 2.41. The van der Waals surface area contributed by atoms with E-state index in [0.717, 1.165) is 0 Å². The van der Waals surface area contributed by atoms with Crippen LogP contribution in [0.15, 0.2) is 17.4 Å². The molecule has 0 saturated carbocycles. The van der Waals surface area contributed by atoms with E-state index in [4.69, 9.17) is 5.73 Å². The van der Waals surface area contributed by atoms with Crippen LogP contribution in [-0.2, 0) is 23.6 Å². The summed E-state index contributed by atoms with van der Waals surface area (Å²) >= 11 is 0. The number of nitrogen functional groups attached to an aromatic ring is 1. The van der Waals surface area contributed by atoms with Gasteiger partial charge in [0.2, 0.25) is 0 Å². The molecule has 0 bridgehead atoms. The van der Waals surface area contributed by atoms with Crippen LogP contribution in [0.1, 0.15) is 12.7 Å². The fourth-order valence-corrected chi connectivity index (χ4v) is 2.82. The molecule has 0 atom stereocenters. The molecule has 104 valence electrons. The molecule has 0 aliphatic heterocycles. The van der Waals surface area contributed by atoms with E-state index >= 15 is 0 Å². The first kappa shape index (κ1) is 13.4. The topological polar surface area (TPSA) is 108 Å². The lowest BCUT2D eigenvalue weighted by molar-refractivity contribution is 0.597. The Morgan fingerprint density at radius 1 is 1.47 bits per heavy atom. The predicted octanol–water partition coefficient (Wildman–Crippen LogP) is 0.328. The van der Waals surface area contributed by atoms with Crippen LogP contribution in [0.2, 0.25) is 0 Å². The third-order valence-corrected chi connectivity index (χ3v) is 3.98. The monoisotopic (exact) mass is 284 g/mol. The second-order valence-electron chi connectivity index (χ2n) is 4.09. The van der Waals surface area contributed by atoms with Gasteiger partial charge in [-0.2, -0.15) is 13.5 Å². The SMILES string of the molecule is CCn1cc(S(=O)(=O)Nc2c(N)cnn2C)nc1C. The van der Waals surface area contributed by atoms with Gasteiger partial charge in [-0.05, 0) is 13.8 Å². The number of aryl methyl sites for hydroxylation is 3.